The Hall–Kier alpha value is -1.58. The van der Waals surface area contributed by atoms with Crippen molar-refractivity contribution in [2.75, 3.05) is 14.1 Å². The van der Waals surface area contributed by atoms with Gasteiger partial charge in [-0.3, -0.25) is 48.6 Å². The van der Waals surface area contributed by atoms with Gasteiger partial charge in [0.15, 0.2) is 12.1 Å². The van der Waals surface area contributed by atoms with E-state index in [4.69, 9.17) is 0 Å². The van der Waals surface area contributed by atoms with Crippen LogP contribution in [0, 0.1) is 0 Å². The maximum atomic E-state index is 12.8. The topological polar surface area (TPSA) is 115 Å². The Kier molecular flexibility index (Phi) is 4.83. The molecule has 3 atom stereocenters. The largest absolute Gasteiger partial charge is 0.274 e. The first-order chi connectivity index (χ1) is 12.1. The summed E-state index contributed by atoms with van der Waals surface area (Å²) in [5, 5.41) is 1.93. The number of hydrazine groups is 1. The van der Waals surface area contributed by atoms with Gasteiger partial charge in [-0.25, -0.2) is 0 Å². The minimum Gasteiger partial charge on any atom is -0.274 e. The molecule has 2 saturated heterocycles. The first-order valence-corrected chi connectivity index (χ1v) is 9.70. The van der Waals surface area contributed by atoms with E-state index in [0.717, 1.165) is 21.0 Å². The number of likely N-dealkylation sites (tertiary alicyclic amines) is 1. The molecule has 6 amide bonds. The molecule has 0 aliphatic carbocycles. The highest BCUT2D eigenvalue weighted by Crippen LogP contribution is 2.32. The van der Waals surface area contributed by atoms with Crippen molar-refractivity contribution in [3.05, 3.63) is 9.66 Å². The number of hydrogen-bond donors (Lipinski definition) is 0. The van der Waals surface area contributed by atoms with Crippen molar-refractivity contribution >= 4 is 80.6 Å². The number of hydrogen-bond acceptors (Lipinski definition) is 6. The molecule has 0 spiro atoms. The molecule has 0 saturated carbocycles. The predicted molar refractivity (Wildman–Crippen MR) is 101 cm³/mol. The first kappa shape index (κ1) is 19.2. The summed E-state index contributed by atoms with van der Waals surface area (Å²) in [5.41, 5.74) is 0. The molecule has 3 aliphatic rings. The summed E-state index contributed by atoms with van der Waals surface area (Å²) < 4.78 is -0.587. The second kappa shape index (κ2) is 6.54. The van der Waals surface area contributed by atoms with Crippen LogP contribution in [-0.4, -0.2) is 85.4 Å². The molecule has 1 unspecified atom stereocenters. The third-order valence-electron chi connectivity index (χ3n) is 4.49. The van der Waals surface area contributed by atoms with E-state index < -0.39 is 51.5 Å². The summed E-state index contributed by atoms with van der Waals surface area (Å²) in [6.45, 7) is 0. The number of alkyl halides is 1. The Morgan fingerprint density at radius 1 is 0.885 bits per heavy atom. The van der Waals surface area contributed by atoms with Crippen LogP contribution in [0.3, 0.4) is 0 Å². The average molecular weight is 586 g/mol. The Bertz CT molecular complexity index is 787. The first-order valence-electron chi connectivity index (χ1n) is 7.37. The lowest BCUT2D eigenvalue weighted by Gasteiger charge is -2.45. The van der Waals surface area contributed by atoms with Crippen molar-refractivity contribution in [2.24, 2.45) is 0 Å². The molecule has 0 aromatic rings. The fourth-order valence-electron chi connectivity index (χ4n) is 3.08. The van der Waals surface area contributed by atoms with Crippen molar-refractivity contribution < 1.29 is 28.8 Å². The summed E-state index contributed by atoms with van der Waals surface area (Å²) in [7, 11) is 2.62. The molecule has 0 aromatic carbocycles. The molecule has 3 rings (SSSR count). The molecule has 0 N–H and O–H groups in total. The minimum absolute atomic E-state index is 0.0824. The van der Waals surface area contributed by atoms with E-state index in [-0.39, 0.29) is 10.0 Å². The smallest absolute Gasteiger partial charge is 0.267 e. The number of imide groups is 2. The van der Waals surface area contributed by atoms with Crippen LogP contribution >= 0.6 is 45.2 Å². The van der Waals surface area contributed by atoms with Gasteiger partial charge in [0.05, 0.1) is 7.50 Å². The molecular formula is C14H12I2N4O6. The molecular weight excluding hydrogens is 574 g/mol. The van der Waals surface area contributed by atoms with E-state index in [1.807, 2.05) is 0 Å². The van der Waals surface area contributed by atoms with Crippen LogP contribution < -0.4 is 0 Å². The quantitative estimate of drug-likeness (QED) is 0.229. The molecule has 12 heteroatoms. The van der Waals surface area contributed by atoms with E-state index in [0.29, 0.717) is 4.90 Å². The van der Waals surface area contributed by atoms with Gasteiger partial charge in [-0.1, -0.05) is 22.6 Å². The van der Waals surface area contributed by atoms with Gasteiger partial charge in [0.2, 0.25) is 11.8 Å². The maximum absolute atomic E-state index is 12.8. The normalized spacial score (nSPS) is 30.2. The van der Waals surface area contributed by atoms with Crippen molar-refractivity contribution in [1.82, 2.24) is 19.8 Å². The van der Waals surface area contributed by atoms with Crippen molar-refractivity contribution in [1.29, 1.82) is 0 Å². The average Bonchev–Trinajstić information content (AvgIpc) is 2.97. The Balaban J connectivity index is 2.11. The van der Waals surface area contributed by atoms with Gasteiger partial charge in [0, 0.05) is 26.6 Å². The number of halogens is 2. The third kappa shape index (κ3) is 2.64. The molecule has 2 fully saturated rings. The van der Waals surface area contributed by atoms with E-state index in [1.165, 1.54) is 14.1 Å². The minimum atomic E-state index is -1.60. The zero-order chi connectivity index (χ0) is 19.5. The van der Waals surface area contributed by atoms with Crippen LogP contribution in [0.5, 0.6) is 0 Å². The lowest BCUT2D eigenvalue weighted by molar-refractivity contribution is -0.183. The molecule has 10 nitrogen and oxygen atoms in total. The van der Waals surface area contributed by atoms with Gasteiger partial charge in [0.25, 0.3) is 23.6 Å². The number of rotatable bonds is 2. The summed E-state index contributed by atoms with van der Waals surface area (Å²) in [6, 6.07) is -3.17. The van der Waals surface area contributed by atoms with E-state index in [9.17, 15) is 28.8 Å². The third-order valence-corrected chi connectivity index (χ3v) is 6.23. The lowest BCUT2D eigenvalue weighted by atomic mass is 10.00. The van der Waals surface area contributed by atoms with Crippen molar-refractivity contribution in [3.8, 4) is 0 Å². The number of carbonyl (C=O) groups excluding carboxylic acids is 6. The van der Waals surface area contributed by atoms with Gasteiger partial charge in [-0.15, -0.1) is 0 Å². The SMILES string of the molecule is CN1C(=O)[C@@H](N2C(=O)C=C(I)C2=O)[C@@H](N2C(=O)CC(I)C2=O)C(=O)N1C. The van der Waals surface area contributed by atoms with Gasteiger partial charge >= 0.3 is 0 Å². The highest BCUT2D eigenvalue weighted by Gasteiger charge is 2.58. The Morgan fingerprint density at radius 2 is 1.38 bits per heavy atom. The van der Waals surface area contributed by atoms with Crippen molar-refractivity contribution in [3.63, 3.8) is 0 Å². The maximum Gasteiger partial charge on any atom is 0.267 e. The number of amides is 6. The van der Waals surface area contributed by atoms with Crippen LogP contribution in [-0.2, 0) is 28.8 Å². The van der Waals surface area contributed by atoms with Crippen LogP contribution in [0.15, 0.2) is 9.66 Å². The van der Waals surface area contributed by atoms with Gasteiger partial charge < -0.3 is 0 Å². The Labute approximate surface area is 174 Å². The van der Waals surface area contributed by atoms with Gasteiger partial charge in [0.1, 0.15) is 0 Å². The van der Waals surface area contributed by atoms with Crippen LogP contribution in [0.25, 0.3) is 0 Å². The zero-order valence-corrected chi connectivity index (χ0v) is 17.8. The number of nitrogens with zero attached hydrogens (tertiary/aromatic N) is 4. The fraction of sp³-hybridized carbons (Fsp3) is 0.429. The van der Waals surface area contributed by atoms with Crippen LogP contribution in [0.1, 0.15) is 6.42 Å². The summed E-state index contributed by atoms with van der Waals surface area (Å²) >= 11 is 3.43. The Morgan fingerprint density at radius 3 is 1.77 bits per heavy atom. The lowest BCUT2D eigenvalue weighted by Crippen LogP contribution is -2.72. The zero-order valence-electron chi connectivity index (χ0n) is 13.5. The molecule has 0 aromatic heterocycles. The molecule has 138 valence electrons. The van der Waals surface area contributed by atoms with Gasteiger partial charge in [-0.2, -0.15) is 0 Å². The second-order valence-corrected chi connectivity index (χ2v) is 8.56. The molecule has 3 aliphatic heterocycles. The van der Waals surface area contributed by atoms with E-state index in [2.05, 4.69) is 0 Å². The molecule has 26 heavy (non-hydrogen) atoms. The van der Waals surface area contributed by atoms with Crippen LogP contribution in [0.4, 0.5) is 0 Å². The highest BCUT2D eigenvalue weighted by atomic mass is 127. The number of likely N-dealkylation sites (N-methyl/N-ethyl adjacent to an activating group) is 2. The second-order valence-electron chi connectivity index (χ2n) is 5.89. The summed E-state index contributed by atoms with van der Waals surface area (Å²) in [5.74, 6) is -4.22. The monoisotopic (exact) mass is 586 g/mol. The van der Waals surface area contributed by atoms with Gasteiger partial charge in [-0.05, 0) is 22.6 Å². The molecule has 0 bridgehead atoms. The molecule has 0 radical (unpaired) electrons. The van der Waals surface area contributed by atoms with E-state index in [1.54, 1.807) is 45.2 Å². The van der Waals surface area contributed by atoms with E-state index >= 15 is 0 Å². The standard InChI is InChI=1S/C14H12I2N4O6/c1-17-13(25)9(19-7(21)3-5(15)11(19)23)10(14(26)18(17)2)20-8(22)4-6(16)12(20)24/h3,6,9-10H,4H2,1-2H3/t6?,9-,10+/m0/s1. The van der Waals surface area contributed by atoms with Crippen molar-refractivity contribution in [2.45, 2.75) is 22.4 Å². The summed E-state index contributed by atoms with van der Waals surface area (Å²) in [4.78, 5) is 76.5. The predicted octanol–water partition coefficient (Wildman–Crippen LogP) is -1.18. The fourth-order valence-corrected chi connectivity index (χ4v) is 4.28. The molecule has 3 heterocycles. The summed E-state index contributed by atoms with van der Waals surface area (Å²) in [6.07, 6.45) is 0.937. The number of carbonyl (C=O) groups is 6. The highest BCUT2D eigenvalue weighted by molar-refractivity contribution is 14.1. The van der Waals surface area contributed by atoms with Crippen LogP contribution in [0.2, 0.25) is 0 Å².